The third kappa shape index (κ3) is 5.48. The van der Waals surface area contributed by atoms with E-state index in [4.69, 9.17) is 16.3 Å². The van der Waals surface area contributed by atoms with Gasteiger partial charge in [-0.1, -0.05) is 46.8 Å². The fourth-order valence-corrected chi connectivity index (χ4v) is 7.95. The number of carbonyl (C=O) groups is 3. The number of hydrogen-bond donors (Lipinski definition) is 2. The number of ether oxygens (including phenoxy) is 1. The molecule has 1 aromatic heterocycles. The molecule has 44 heavy (non-hydrogen) atoms. The maximum atomic E-state index is 14.0. The van der Waals surface area contributed by atoms with E-state index in [-0.39, 0.29) is 16.3 Å². The molecular weight excluding hydrogens is 646 g/mol. The molecular formula is C29H18ClF4N3O5S2. The molecule has 0 aliphatic carbocycles. The summed E-state index contributed by atoms with van der Waals surface area (Å²) in [6, 6.07) is 13.8. The minimum absolute atomic E-state index is 0.0977. The van der Waals surface area contributed by atoms with Crippen LogP contribution in [0.3, 0.4) is 0 Å². The number of thioether (sulfide) groups is 1. The Labute approximate surface area is 259 Å². The van der Waals surface area contributed by atoms with Gasteiger partial charge in [0.1, 0.15) is 16.8 Å². The predicted octanol–water partition coefficient (Wildman–Crippen LogP) is 6.06. The van der Waals surface area contributed by atoms with Crippen LogP contribution in [0.15, 0.2) is 76.6 Å². The Balaban J connectivity index is 1.38. The van der Waals surface area contributed by atoms with E-state index in [0.29, 0.717) is 20.5 Å². The topological polar surface area (TPSA) is 109 Å². The molecule has 3 aromatic carbocycles. The van der Waals surface area contributed by atoms with Crippen LogP contribution in [0.5, 0.6) is 5.75 Å². The van der Waals surface area contributed by atoms with Crippen LogP contribution >= 0.6 is 34.7 Å². The Morgan fingerprint density at radius 3 is 2.48 bits per heavy atom. The van der Waals surface area contributed by atoms with E-state index in [9.17, 15) is 36.7 Å². The van der Waals surface area contributed by atoms with Gasteiger partial charge in [-0.3, -0.25) is 19.2 Å². The van der Waals surface area contributed by atoms with E-state index >= 15 is 0 Å². The van der Waals surface area contributed by atoms with Gasteiger partial charge in [-0.05, 0) is 54.6 Å². The third-order valence-corrected chi connectivity index (χ3v) is 9.70. The first-order valence-corrected chi connectivity index (χ1v) is 14.9. The number of aromatic amines is 1. The highest BCUT2D eigenvalue weighted by Crippen LogP contribution is 2.55. The number of H-pyrrole nitrogens is 1. The van der Waals surface area contributed by atoms with Crippen LogP contribution < -0.4 is 19.8 Å². The molecule has 4 aromatic rings. The van der Waals surface area contributed by atoms with Gasteiger partial charge in [-0.25, -0.2) is 9.29 Å². The summed E-state index contributed by atoms with van der Waals surface area (Å²) in [4.78, 5) is 55.8. The maximum absolute atomic E-state index is 14.0. The largest absolute Gasteiger partial charge is 0.483 e. The Morgan fingerprint density at radius 2 is 1.75 bits per heavy atom. The lowest BCUT2D eigenvalue weighted by molar-refractivity contribution is -0.137. The SMILES string of the molecule is O=C(COc1ccc(Cl)cc1C1c2sc(=O)[nH]c2SC2C(=O)N(c3ccccc3C(F)(F)F)C(=O)C21)Nc1ccc(F)cc1. The summed E-state index contributed by atoms with van der Waals surface area (Å²) in [5, 5.41) is 1.87. The van der Waals surface area contributed by atoms with E-state index in [2.05, 4.69) is 10.3 Å². The van der Waals surface area contributed by atoms with Crippen molar-refractivity contribution in [2.24, 2.45) is 5.92 Å². The smallest absolute Gasteiger partial charge is 0.418 e. The van der Waals surface area contributed by atoms with Crippen LogP contribution in [0.4, 0.5) is 28.9 Å². The number of fused-ring (bicyclic) bond motifs is 2. The molecule has 0 spiro atoms. The van der Waals surface area contributed by atoms with Crippen LogP contribution in [0.1, 0.15) is 21.9 Å². The highest BCUT2D eigenvalue weighted by atomic mass is 35.5. The lowest BCUT2D eigenvalue weighted by atomic mass is 9.82. The van der Waals surface area contributed by atoms with Crippen molar-refractivity contribution in [2.45, 2.75) is 22.4 Å². The monoisotopic (exact) mass is 663 g/mol. The molecule has 3 heterocycles. The summed E-state index contributed by atoms with van der Waals surface area (Å²) in [6.07, 6.45) is -4.84. The summed E-state index contributed by atoms with van der Waals surface area (Å²) >= 11 is 8.02. The van der Waals surface area contributed by atoms with E-state index < -0.39 is 69.5 Å². The molecule has 2 N–H and O–H groups in total. The number of hydrogen-bond acceptors (Lipinski definition) is 7. The van der Waals surface area contributed by atoms with Gasteiger partial charge in [-0.2, -0.15) is 13.2 Å². The highest BCUT2D eigenvalue weighted by molar-refractivity contribution is 8.00. The minimum Gasteiger partial charge on any atom is -0.483 e. The Morgan fingerprint density at radius 1 is 1.02 bits per heavy atom. The zero-order valence-electron chi connectivity index (χ0n) is 22.0. The Kier molecular flexibility index (Phi) is 7.76. The quantitative estimate of drug-likeness (QED) is 0.192. The van der Waals surface area contributed by atoms with Gasteiger partial charge in [0.25, 0.3) is 5.91 Å². The number of rotatable bonds is 6. The molecule has 226 valence electrons. The summed E-state index contributed by atoms with van der Waals surface area (Å²) < 4.78 is 60.8. The van der Waals surface area contributed by atoms with Gasteiger partial charge >= 0.3 is 11.0 Å². The van der Waals surface area contributed by atoms with Crippen molar-refractivity contribution < 1.29 is 36.7 Å². The second-order valence-electron chi connectivity index (χ2n) is 9.80. The summed E-state index contributed by atoms with van der Waals surface area (Å²) in [7, 11) is 0. The maximum Gasteiger partial charge on any atom is 0.418 e. The summed E-state index contributed by atoms with van der Waals surface area (Å²) in [5.74, 6) is -5.01. The number of imide groups is 1. The van der Waals surface area contributed by atoms with Gasteiger partial charge in [-0.15, -0.1) is 0 Å². The van der Waals surface area contributed by atoms with Crippen molar-refractivity contribution in [3.8, 4) is 5.75 Å². The molecule has 3 amide bonds. The zero-order chi connectivity index (χ0) is 31.3. The van der Waals surface area contributed by atoms with Crippen molar-refractivity contribution >= 4 is 63.8 Å². The first-order valence-electron chi connectivity index (χ1n) is 12.8. The molecule has 8 nitrogen and oxygen atoms in total. The number of para-hydroxylation sites is 1. The number of benzene rings is 3. The van der Waals surface area contributed by atoms with Gasteiger partial charge < -0.3 is 15.0 Å². The lowest BCUT2D eigenvalue weighted by Crippen LogP contribution is -2.33. The highest BCUT2D eigenvalue weighted by Gasteiger charge is 2.57. The average Bonchev–Trinajstić information content (AvgIpc) is 3.47. The molecule has 6 rings (SSSR count). The Hall–Kier alpha value is -4.14. The van der Waals surface area contributed by atoms with Crippen molar-refractivity contribution in [3.63, 3.8) is 0 Å². The van der Waals surface area contributed by atoms with Crippen molar-refractivity contribution in [1.29, 1.82) is 0 Å². The number of anilines is 2. The van der Waals surface area contributed by atoms with E-state index in [1.165, 1.54) is 48.5 Å². The standard InChI is InChI=1S/C29H18ClF4N3O5S2/c30-13-5-10-19(42-12-20(38)35-15-8-6-14(31)7-9-15)16(11-13)21-22-24(43-25-23(21)44-28(41)36-25)27(40)37(26(22)39)18-4-2-1-3-17(18)29(32,33)34/h1-11,21-22,24H,12H2,(H,35,38)(H,36,41). The lowest BCUT2D eigenvalue weighted by Gasteiger charge is -2.31. The normalized spacial score (nSPS) is 19.5. The predicted molar refractivity (Wildman–Crippen MR) is 156 cm³/mol. The van der Waals surface area contributed by atoms with E-state index in [1.54, 1.807) is 0 Å². The summed E-state index contributed by atoms with van der Waals surface area (Å²) in [5.41, 5.74) is -1.17. The van der Waals surface area contributed by atoms with Gasteiger partial charge in [0.15, 0.2) is 6.61 Å². The first kappa shape index (κ1) is 29.9. The molecule has 2 aliphatic rings. The Bertz CT molecular complexity index is 1860. The first-order chi connectivity index (χ1) is 20.9. The summed E-state index contributed by atoms with van der Waals surface area (Å²) in [6.45, 7) is -0.518. The van der Waals surface area contributed by atoms with E-state index in [0.717, 1.165) is 41.3 Å². The number of amides is 3. The number of nitrogens with zero attached hydrogens (tertiary/aromatic N) is 1. The third-order valence-electron chi connectivity index (χ3n) is 7.07. The molecule has 1 fully saturated rings. The van der Waals surface area contributed by atoms with Crippen LogP contribution in [0.2, 0.25) is 5.02 Å². The molecule has 1 saturated heterocycles. The van der Waals surface area contributed by atoms with Gasteiger partial charge in [0.05, 0.1) is 22.2 Å². The van der Waals surface area contributed by atoms with Gasteiger partial charge in [0.2, 0.25) is 11.8 Å². The molecule has 15 heteroatoms. The number of nitrogens with one attached hydrogen (secondary N) is 2. The molecule has 2 aliphatic heterocycles. The molecule has 3 atom stereocenters. The molecule has 3 unspecified atom stereocenters. The van der Waals surface area contributed by atoms with Crippen LogP contribution in [0.25, 0.3) is 0 Å². The average molecular weight is 664 g/mol. The fourth-order valence-electron chi connectivity index (χ4n) is 5.27. The van der Waals surface area contributed by atoms with Crippen molar-refractivity contribution in [1.82, 2.24) is 4.98 Å². The van der Waals surface area contributed by atoms with Crippen LogP contribution in [0, 0.1) is 11.7 Å². The van der Waals surface area contributed by atoms with Crippen LogP contribution in [-0.2, 0) is 20.6 Å². The number of aromatic nitrogens is 1. The molecule has 0 radical (unpaired) electrons. The van der Waals surface area contributed by atoms with Crippen LogP contribution in [-0.4, -0.2) is 34.6 Å². The number of carbonyl (C=O) groups excluding carboxylic acids is 3. The fraction of sp³-hybridized carbons (Fsp3) is 0.172. The second-order valence-corrected chi connectivity index (χ2v) is 12.4. The molecule has 0 saturated carbocycles. The van der Waals surface area contributed by atoms with Crippen molar-refractivity contribution in [2.75, 3.05) is 16.8 Å². The van der Waals surface area contributed by atoms with Crippen molar-refractivity contribution in [3.05, 3.63) is 103 Å². The second kappa shape index (κ2) is 11.4. The number of thiazole rings is 1. The number of halogens is 5. The van der Waals surface area contributed by atoms with E-state index in [1.807, 2.05) is 0 Å². The number of alkyl halides is 3. The minimum atomic E-state index is -4.84. The zero-order valence-corrected chi connectivity index (χ0v) is 24.4. The molecule has 0 bridgehead atoms. The van der Waals surface area contributed by atoms with Gasteiger partial charge in [0, 0.05) is 27.1 Å².